The van der Waals surface area contributed by atoms with Crippen LogP contribution in [0.5, 0.6) is 0 Å². The minimum atomic E-state index is -0.697. The van der Waals surface area contributed by atoms with Gasteiger partial charge in [-0.2, -0.15) is 0 Å². The van der Waals surface area contributed by atoms with Crippen molar-refractivity contribution in [2.45, 2.75) is 44.8 Å². The van der Waals surface area contributed by atoms with E-state index in [1.165, 1.54) is 0 Å². The Labute approximate surface area is 154 Å². The van der Waals surface area contributed by atoms with Crippen LogP contribution < -0.4 is 4.90 Å². The number of unbranched alkanes of at least 4 members (excludes halogenated alkanes) is 2. The van der Waals surface area contributed by atoms with Gasteiger partial charge in [-0.15, -0.1) is 0 Å². The van der Waals surface area contributed by atoms with E-state index in [0.717, 1.165) is 30.5 Å². The normalized spacial score (nSPS) is 31.5. The van der Waals surface area contributed by atoms with Gasteiger partial charge >= 0.3 is 5.97 Å². The van der Waals surface area contributed by atoms with Gasteiger partial charge < -0.3 is 14.4 Å². The Morgan fingerprint density at radius 1 is 1.35 bits per heavy atom. The number of rotatable bonds is 6. The number of fused-ring (bicyclic) bond motifs is 1. The van der Waals surface area contributed by atoms with E-state index in [0.29, 0.717) is 13.2 Å². The third-order valence-electron chi connectivity index (χ3n) is 5.77. The fourth-order valence-electron chi connectivity index (χ4n) is 4.46. The van der Waals surface area contributed by atoms with Crippen LogP contribution in [0, 0.1) is 18.8 Å². The molecule has 2 fully saturated rings. The molecule has 5 heteroatoms. The summed E-state index contributed by atoms with van der Waals surface area (Å²) in [5, 5.41) is 0. The molecule has 3 aliphatic heterocycles. The molecule has 0 unspecified atom stereocenters. The van der Waals surface area contributed by atoms with Gasteiger partial charge in [0, 0.05) is 5.69 Å². The van der Waals surface area contributed by atoms with E-state index in [-0.39, 0.29) is 18.0 Å². The lowest BCUT2D eigenvalue weighted by molar-refractivity contribution is -0.152. The molecule has 1 aromatic carbocycles. The Bertz CT molecular complexity index is 758. The zero-order chi connectivity index (χ0) is 18.3. The molecule has 1 aromatic rings. The second-order valence-corrected chi connectivity index (χ2v) is 7.49. The van der Waals surface area contributed by atoms with Crippen LogP contribution in [0.3, 0.4) is 0 Å². The Morgan fingerprint density at radius 2 is 2.15 bits per heavy atom. The van der Waals surface area contributed by atoms with Crippen LogP contribution in [0.2, 0.25) is 0 Å². The first-order chi connectivity index (χ1) is 12.6. The van der Waals surface area contributed by atoms with Crippen LogP contribution in [0.15, 0.2) is 36.4 Å². The van der Waals surface area contributed by atoms with Crippen molar-refractivity contribution in [1.29, 1.82) is 0 Å². The molecule has 2 bridgehead atoms. The lowest BCUT2D eigenvalue weighted by atomic mass is 9.77. The first-order valence-electron chi connectivity index (χ1n) is 9.48. The summed E-state index contributed by atoms with van der Waals surface area (Å²) in [6.45, 7) is 4.96. The van der Waals surface area contributed by atoms with E-state index in [4.69, 9.17) is 9.47 Å². The predicted octanol–water partition coefficient (Wildman–Crippen LogP) is 3.01. The monoisotopic (exact) mass is 355 g/mol. The Kier molecular flexibility index (Phi) is 4.35. The van der Waals surface area contributed by atoms with Crippen LogP contribution in [-0.4, -0.2) is 36.7 Å². The highest BCUT2D eigenvalue weighted by Gasteiger charge is 2.67. The smallest absolute Gasteiger partial charge is 0.312 e. The highest BCUT2D eigenvalue weighted by atomic mass is 16.6. The first kappa shape index (κ1) is 17.3. The molecule has 0 aromatic heterocycles. The molecule has 0 saturated carbocycles. The Balaban J connectivity index is 1.56. The molecule has 4 rings (SSSR count). The van der Waals surface area contributed by atoms with Gasteiger partial charge in [-0.1, -0.05) is 50.1 Å². The highest BCUT2D eigenvalue weighted by Crippen LogP contribution is 2.53. The molecule has 0 aliphatic carbocycles. The average molecular weight is 355 g/mol. The van der Waals surface area contributed by atoms with E-state index in [2.05, 4.69) is 6.92 Å². The van der Waals surface area contributed by atoms with Crippen molar-refractivity contribution >= 4 is 17.6 Å². The van der Waals surface area contributed by atoms with Gasteiger partial charge in [-0.3, -0.25) is 9.59 Å². The van der Waals surface area contributed by atoms with Crippen molar-refractivity contribution in [1.82, 2.24) is 0 Å². The molecule has 2 saturated heterocycles. The van der Waals surface area contributed by atoms with Crippen molar-refractivity contribution in [3.63, 3.8) is 0 Å². The van der Waals surface area contributed by atoms with Gasteiger partial charge in [-0.25, -0.2) is 0 Å². The standard InChI is InChI=1S/C21H25NO4/c1-3-4-7-12-25-20(24)17-16-10-11-21(26-16)13-22(19(23)18(17)21)15-9-6-5-8-14(15)2/h5-6,8-11,16-18H,3-4,7,12-13H2,1-2H3/t16-,17-,18-,21+/m0/s1. The minimum Gasteiger partial charge on any atom is -0.465 e. The molecule has 3 aliphatic rings. The zero-order valence-electron chi connectivity index (χ0n) is 15.3. The molecule has 5 nitrogen and oxygen atoms in total. The van der Waals surface area contributed by atoms with Crippen molar-refractivity contribution in [3.05, 3.63) is 42.0 Å². The molecule has 0 N–H and O–H groups in total. The van der Waals surface area contributed by atoms with Crippen molar-refractivity contribution in [2.75, 3.05) is 18.1 Å². The number of hydrogen-bond donors (Lipinski definition) is 0. The summed E-state index contributed by atoms with van der Waals surface area (Å²) in [7, 11) is 0. The molecular weight excluding hydrogens is 330 g/mol. The van der Waals surface area contributed by atoms with Crippen molar-refractivity contribution in [3.8, 4) is 0 Å². The molecule has 3 heterocycles. The number of anilines is 1. The molecule has 26 heavy (non-hydrogen) atoms. The van der Waals surface area contributed by atoms with E-state index in [9.17, 15) is 9.59 Å². The number of aryl methyl sites for hydroxylation is 1. The Morgan fingerprint density at radius 3 is 2.92 bits per heavy atom. The van der Waals surface area contributed by atoms with Crippen LogP contribution >= 0.6 is 0 Å². The minimum absolute atomic E-state index is 0.0401. The number of para-hydroxylation sites is 1. The van der Waals surface area contributed by atoms with Crippen LogP contribution in [0.25, 0.3) is 0 Å². The summed E-state index contributed by atoms with van der Waals surface area (Å²) in [4.78, 5) is 27.7. The third-order valence-corrected chi connectivity index (χ3v) is 5.77. The summed E-state index contributed by atoms with van der Waals surface area (Å²) >= 11 is 0. The van der Waals surface area contributed by atoms with Gasteiger partial charge in [-0.05, 0) is 25.0 Å². The predicted molar refractivity (Wildman–Crippen MR) is 97.7 cm³/mol. The number of amides is 1. The van der Waals surface area contributed by atoms with Crippen LogP contribution in [0.4, 0.5) is 5.69 Å². The molecule has 138 valence electrons. The maximum Gasteiger partial charge on any atom is 0.312 e. The van der Waals surface area contributed by atoms with E-state index < -0.39 is 17.4 Å². The average Bonchev–Trinajstić information content (AvgIpc) is 3.27. The lowest BCUT2D eigenvalue weighted by Gasteiger charge is -2.23. The van der Waals surface area contributed by atoms with Crippen molar-refractivity contribution < 1.29 is 19.1 Å². The largest absolute Gasteiger partial charge is 0.465 e. The number of carbonyl (C=O) groups is 2. The Hall–Kier alpha value is -2.14. The molecule has 1 spiro atoms. The first-order valence-corrected chi connectivity index (χ1v) is 9.48. The highest BCUT2D eigenvalue weighted by molar-refractivity contribution is 6.03. The number of esters is 1. The summed E-state index contributed by atoms with van der Waals surface area (Å²) < 4.78 is 11.6. The van der Waals surface area contributed by atoms with E-state index in [1.54, 1.807) is 4.90 Å². The molecule has 1 amide bonds. The van der Waals surface area contributed by atoms with Gasteiger partial charge in [0.1, 0.15) is 11.5 Å². The second-order valence-electron chi connectivity index (χ2n) is 7.49. The maximum absolute atomic E-state index is 13.2. The number of ether oxygens (including phenoxy) is 2. The summed E-state index contributed by atoms with van der Waals surface area (Å²) in [6, 6.07) is 7.81. The number of carbonyl (C=O) groups excluding carboxylic acids is 2. The van der Waals surface area contributed by atoms with Gasteiger partial charge in [0.15, 0.2) is 0 Å². The maximum atomic E-state index is 13.2. The van der Waals surface area contributed by atoms with Crippen LogP contribution in [-0.2, 0) is 19.1 Å². The van der Waals surface area contributed by atoms with Gasteiger partial charge in [0.25, 0.3) is 0 Å². The van der Waals surface area contributed by atoms with Gasteiger partial charge in [0.05, 0.1) is 25.2 Å². The summed E-state index contributed by atoms with van der Waals surface area (Å²) in [6.07, 6.45) is 6.51. The fraction of sp³-hybridized carbons (Fsp3) is 0.524. The summed E-state index contributed by atoms with van der Waals surface area (Å²) in [5.41, 5.74) is 1.23. The van der Waals surface area contributed by atoms with Crippen molar-refractivity contribution in [2.24, 2.45) is 11.8 Å². The lowest BCUT2D eigenvalue weighted by Crippen LogP contribution is -2.40. The summed E-state index contributed by atoms with van der Waals surface area (Å²) in [5.74, 6) is -1.37. The topological polar surface area (TPSA) is 55.8 Å². The fourth-order valence-corrected chi connectivity index (χ4v) is 4.46. The van der Waals surface area contributed by atoms with E-state index in [1.807, 2.05) is 43.3 Å². The molecule has 0 radical (unpaired) electrons. The van der Waals surface area contributed by atoms with Crippen LogP contribution in [0.1, 0.15) is 31.7 Å². The zero-order valence-corrected chi connectivity index (χ0v) is 15.3. The molecule has 4 atom stereocenters. The quantitative estimate of drug-likeness (QED) is 0.447. The van der Waals surface area contributed by atoms with Gasteiger partial charge in [0.2, 0.25) is 5.91 Å². The number of hydrogen-bond acceptors (Lipinski definition) is 4. The SMILES string of the molecule is CCCCCOC(=O)[C@H]1[C@@H]2C=C[C@]3(CN(c4ccccc4C)C(=O)[C@H]13)O2. The second kappa shape index (κ2) is 6.54. The third kappa shape index (κ3) is 2.57. The molecular formula is C21H25NO4. The number of nitrogens with zero attached hydrogens (tertiary/aromatic N) is 1. The number of benzene rings is 1. The van der Waals surface area contributed by atoms with E-state index >= 15 is 0 Å².